The van der Waals surface area contributed by atoms with Crippen molar-refractivity contribution in [2.24, 2.45) is 0 Å². The maximum absolute atomic E-state index is 3.65. The Kier molecular flexibility index (Phi) is 3.98. The number of fused-ring (bicyclic) bond motifs is 1. The van der Waals surface area contributed by atoms with Crippen LogP contribution in [0.5, 0.6) is 0 Å². The smallest absolute Gasteiger partial charge is 0.0361 e. The highest BCUT2D eigenvalue weighted by atomic mass is 15.2. The predicted octanol–water partition coefficient (Wildman–Crippen LogP) is 4.26. The highest BCUT2D eigenvalue weighted by molar-refractivity contribution is 5.46. The molecule has 4 rings (SSSR count). The predicted molar refractivity (Wildman–Crippen MR) is 100 cm³/mol. The van der Waals surface area contributed by atoms with E-state index in [1.807, 2.05) is 0 Å². The SMILES string of the molecule is Cc1ccc2c(c1)[C@H](N1CCNC(C)(C)C1)CC2c1ccccc1. The second-order valence-corrected chi connectivity index (χ2v) is 8.13. The van der Waals surface area contributed by atoms with E-state index in [1.54, 1.807) is 5.56 Å². The summed E-state index contributed by atoms with van der Waals surface area (Å²) in [7, 11) is 0. The molecular formula is C22H28N2. The number of aryl methyl sites for hydroxylation is 1. The molecule has 1 aliphatic carbocycles. The average Bonchev–Trinajstić information content (AvgIpc) is 2.93. The normalized spacial score (nSPS) is 26.3. The van der Waals surface area contributed by atoms with Gasteiger partial charge in [-0.1, -0.05) is 54.1 Å². The number of piperazine rings is 1. The van der Waals surface area contributed by atoms with Crippen LogP contribution in [0.4, 0.5) is 0 Å². The lowest BCUT2D eigenvalue weighted by Gasteiger charge is -2.42. The van der Waals surface area contributed by atoms with Crippen LogP contribution in [0.3, 0.4) is 0 Å². The molecule has 0 spiro atoms. The van der Waals surface area contributed by atoms with Crippen molar-refractivity contribution in [1.29, 1.82) is 0 Å². The standard InChI is InChI=1S/C22H28N2/c1-16-9-10-18-19(17-7-5-4-6-8-17)14-21(20(18)13-16)24-12-11-23-22(2,3)15-24/h4-10,13,19,21,23H,11-12,14-15H2,1-3H3/t19?,21-/m1/s1. The van der Waals surface area contributed by atoms with Crippen molar-refractivity contribution < 1.29 is 0 Å². The van der Waals surface area contributed by atoms with Crippen LogP contribution in [-0.2, 0) is 0 Å². The molecule has 0 aromatic heterocycles. The van der Waals surface area contributed by atoms with Crippen LogP contribution in [0.15, 0.2) is 48.5 Å². The maximum Gasteiger partial charge on any atom is 0.0361 e. The van der Waals surface area contributed by atoms with Crippen molar-refractivity contribution >= 4 is 0 Å². The first kappa shape index (κ1) is 15.9. The third kappa shape index (κ3) is 2.89. The van der Waals surface area contributed by atoms with Crippen molar-refractivity contribution in [1.82, 2.24) is 10.2 Å². The van der Waals surface area contributed by atoms with Crippen molar-refractivity contribution in [3.8, 4) is 0 Å². The van der Waals surface area contributed by atoms with Gasteiger partial charge in [-0.05, 0) is 43.9 Å². The van der Waals surface area contributed by atoms with E-state index < -0.39 is 0 Å². The Hall–Kier alpha value is -1.64. The van der Waals surface area contributed by atoms with E-state index in [9.17, 15) is 0 Å². The molecule has 1 aliphatic heterocycles. The topological polar surface area (TPSA) is 15.3 Å². The molecular weight excluding hydrogens is 292 g/mol. The molecule has 1 saturated heterocycles. The van der Waals surface area contributed by atoms with Crippen LogP contribution in [0.25, 0.3) is 0 Å². The van der Waals surface area contributed by atoms with Gasteiger partial charge in [0.15, 0.2) is 0 Å². The van der Waals surface area contributed by atoms with Crippen molar-refractivity contribution in [2.45, 2.75) is 44.7 Å². The summed E-state index contributed by atoms with van der Waals surface area (Å²) >= 11 is 0. The van der Waals surface area contributed by atoms with Crippen LogP contribution < -0.4 is 5.32 Å². The summed E-state index contributed by atoms with van der Waals surface area (Å²) in [6, 6.07) is 18.7. The second-order valence-electron chi connectivity index (χ2n) is 8.13. The number of rotatable bonds is 2. The third-order valence-corrected chi connectivity index (χ3v) is 5.68. The number of benzene rings is 2. The molecule has 24 heavy (non-hydrogen) atoms. The van der Waals surface area contributed by atoms with Gasteiger partial charge in [0.1, 0.15) is 0 Å². The van der Waals surface area contributed by atoms with Crippen LogP contribution in [0.2, 0.25) is 0 Å². The molecule has 126 valence electrons. The number of hydrogen-bond acceptors (Lipinski definition) is 2. The van der Waals surface area contributed by atoms with Crippen LogP contribution in [-0.4, -0.2) is 30.1 Å². The maximum atomic E-state index is 3.65. The molecule has 0 saturated carbocycles. The van der Waals surface area contributed by atoms with Crippen molar-refractivity contribution in [3.05, 3.63) is 70.8 Å². The molecule has 0 amide bonds. The highest BCUT2D eigenvalue weighted by Gasteiger charge is 2.38. The van der Waals surface area contributed by atoms with Gasteiger partial charge in [0.2, 0.25) is 0 Å². The lowest BCUT2D eigenvalue weighted by atomic mass is 9.92. The summed E-state index contributed by atoms with van der Waals surface area (Å²) in [6.07, 6.45) is 1.21. The Morgan fingerprint density at radius 1 is 1.04 bits per heavy atom. The lowest BCUT2D eigenvalue weighted by Crippen LogP contribution is -2.57. The quantitative estimate of drug-likeness (QED) is 0.889. The summed E-state index contributed by atoms with van der Waals surface area (Å²) in [4.78, 5) is 2.71. The molecule has 2 nitrogen and oxygen atoms in total. The number of hydrogen-bond donors (Lipinski definition) is 1. The zero-order valence-corrected chi connectivity index (χ0v) is 15.0. The second kappa shape index (κ2) is 6.02. The first-order valence-corrected chi connectivity index (χ1v) is 9.18. The molecule has 2 heteroatoms. The largest absolute Gasteiger partial charge is 0.309 e. The molecule has 0 bridgehead atoms. The minimum atomic E-state index is 0.201. The first-order chi connectivity index (χ1) is 11.5. The van der Waals surface area contributed by atoms with Crippen LogP contribution in [0, 0.1) is 6.92 Å². The van der Waals surface area contributed by atoms with E-state index in [4.69, 9.17) is 0 Å². The summed E-state index contributed by atoms with van der Waals surface area (Å²) in [5.41, 5.74) is 6.13. The summed E-state index contributed by atoms with van der Waals surface area (Å²) in [5.74, 6) is 0.532. The molecule has 2 atom stereocenters. The van der Waals surface area contributed by atoms with E-state index in [0.29, 0.717) is 12.0 Å². The van der Waals surface area contributed by atoms with Gasteiger partial charge in [0, 0.05) is 37.1 Å². The van der Waals surface area contributed by atoms with E-state index in [-0.39, 0.29) is 5.54 Å². The number of nitrogens with one attached hydrogen (secondary N) is 1. The van der Waals surface area contributed by atoms with E-state index in [2.05, 4.69) is 79.5 Å². The van der Waals surface area contributed by atoms with Gasteiger partial charge >= 0.3 is 0 Å². The Morgan fingerprint density at radius 3 is 2.58 bits per heavy atom. The Bertz CT molecular complexity index is 720. The number of nitrogens with zero attached hydrogens (tertiary/aromatic N) is 1. The summed E-state index contributed by atoms with van der Waals surface area (Å²) < 4.78 is 0. The lowest BCUT2D eigenvalue weighted by molar-refractivity contribution is 0.107. The highest BCUT2D eigenvalue weighted by Crippen LogP contribution is 2.47. The summed E-state index contributed by atoms with van der Waals surface area (Å²) in [5, 5.41) is 3.65. The summed E-state index contributed by atoms with van der Waals surface area (Å²) in [6.45, 7) is 10.2. The third-order valence-electron chi connectivity index (χ3n) is 5.68. The molecule has 1 fully saturated rings. The fourth-order valence-corrected chi connectivity index (χ4v) is 4.57. The van der Waals surface area contributed by atoms with Crippen molar-refractivity contribution in [2.75, 3.05) is 19.6 Å². The monoisotopic (exact) mass is 320 g/mol. The van der Waals surface area contributed by atoms with Crippen LogP contribution in [0.1, 0.15) is 54.5 Å². The Morgan fingerprint density at radius 2 is 1.83 bits per heavy atom. The molecule has 0 radical (unpaired) electrons. The molecule has 2 aliphatic rings. The van der Waals surface area contributed by atoms with Crippen LogP contribution >= 0.6 is 0 Å². The van der Waals surface area contributed by atoms with E-state index in [1.165, 1.54) is 23.1 Å². The minimum Gasteiger partial charge on any atom is -0.309 e. The van der Waals surface area contributed by atoms with Gasteiger partial charge < -0.3 is 5.32 Å². The van der Waals surface area contributed by atoms with Gasteiger partial charge in [-0.15, -0.1) is 0 Å². The first-order valence-electron chi connectivity index (χ1n) is 9.18. The zero-order valence-electron chi connectivity index (χ0n) is 15.0. The van der Waals surface area contributed by atoms with Gasteiger partial charge in [-0.2, -0.15) is 0 Å². The Labute approximate surface area is 145 Å². The molecule has 1 N–H and O–H groups in total. The van der Waals surface area contributed by atoms with Crippen molar-refractivity contribution in [3.63, 3.8) is 0 Å². The molecule has 1 unspecified atom stereocenters. The molecule has 1 heterocycles. The van der Waals surface area contributed by atoms with E-state index >= 15 is 0 Å². The zero-order chi connectivity index (χ0) is 16.7. The van der Waals surface area contributed by atoms with Gasteiger partial charge in [0.25, 0.3) is 0 Å². The molecule has 2 aromatic carbocycles. The van der Waals surface area contributed by atoms with Gasteiger partial charge in [0.05, 0.1) is 0 Å². The van der Waals surface area contributed by atoms with E-state index in [0.717, 1.165) is 19.6 Å². The van der Waals surface area contributed by atoms with Gasteiger partial charge in [-0.3, -0.25) is 4.90 Å². The Balaban J connectivity index is 1.71. The average molecular weight is 320 g/mol. The fraction of sp³-hybridized carbons (Fsp3) is 0.455. The fourth-order valence-electron chi connectivity index (χ4n) is 4.57. The molecule has 2 aromatic rings. The van der Waals surface area contributed by atoms with Gasteiger partial charge in [-0.25, -0.2) is 0 Å². The minimum absolute atomic E-state index is 0.201.